The minimum absolute atomic E-state index is 0.231. The van der Waals surface area contributed by atoms with Gasteiger partial charge in [-0.15, -0.1) is 11.8 Å². The highest BCUT2D eigenvalue weighted by Gasteiger charge is 2.41. The van der Waals surface area contributed by atoms with E-state index in [-0.39, 0.29) is 6.42 Å². The maximum atomic E-state index is 11.9. The van der Waals surface area contributed by atoms with E-state index in [9.17, 15) is 13.2 Å². The fraction of sp³-hybridized carbons (Fsp3) is 0.667. The first-order valence-corrected chi connectivity index (χ1v) is 4.01. The van der Waals surface area contributed by atoms with Gasteiger partial charge in [0.15, 0.2) is 0 Å². The van der Waals surface area contributed by atoms with Gasteiger partial charge in [-0.2, -0.15) is 13.2 Å². The summed E-state index contributed by atoms with van der Waals surface area (Å²) in [6, 6.07) is 0. The Morgan fingerprint density at radius 2 is 2.09 bits per heavy atom. The summed E-state index contributed by atoms with van der Waals surface area (Å²) in [4.78, 5) is 0. The smallest absolute Gasteiger partial charge is 0.389 e. The van der Waals surface area contributed by atoms with Gasteiger partial charge in [0.25, 0.3) is 0 Å². The maximum Gasteiger partial charge on any atom is 0.400 e. The summed E-state index contributed by atoms with van der Waals surface area (Å²) >= 11 is 0.708. The fourth-order valence-corrected chi connectivity index (χ4v) is 1.72. The summed E-state index contributed by atoms with van der Waals surface area (Å²) < 4.78 is 35.8. The molecule has 1 N–H and O–H groups in total. The van der Waals surface area contributed by atoms with E-state index in [0.717, 1.165) is 0 Å². The van der Waals surface area contributed by atoms with Crippen molar-refractivity contribution in [3.05, 3.63) is 11.5 Å². The van der Waals surface area contributed by atoms with Crippen molar-refractivity contribution in [3.63, 3.8) is 0 Å². The molecule has 5 heteroatoms. The van der Waals surface area contributed by atoms with Crippen molar-refractivity contribution in [2.24, 2.45) is 0 Å². The Hall–Kier alpha value is -0.160. The lowest BCUT2D eigenvalue weighted by molar-refractivity contribution is -0.133. The molecule has 0 aromatic rings. The zero-order valence-corrected chi connectivity index (χ0v) is 6.32. The van der Waals surface area contributed by atoms with Gasteiger partial charge < -0.3 is 5.11 Å². The van der Waals surface area contributed by atoms with Gasteiger partial charge in [0.05, 0.1) is 6.10 Å². The van der Waals surface area contributed by atoms with E-state index >= 15 is 0 Å². The Morgan fingerprint density at radius 1 is 1.45 bits per heavy atom. The van der Waals surface area contributed by atoms with E-state index in [1.807, 2.05) is 0 Å². The van der Waals surface area contributed by atoms with Gasteiger partial charge in [0.1, 0.15) is 5.25 Å². The number of halogens is 3. The zero-order valence-electron chi connectivity index (χ0n) is 5.51. The predicted octanol–water partition coefficient (Wildman–Crippen LogP) is 1.93. The molecule has 64 valence electrons. The van der Waals surface area contributed by atoms with Crippen LogP contribution in [-0.2, 0) is 0 Å². The quantitative estimate of drug-likeness (QED) is 0.620. The Morgan fingerprint density at radius 3 is 2.45 bits per heavy atom. The topological polar surface area (TPSA) is 20.2 Å². The largest absolute Gasteiger partial charge is 0.400 e. The molecule has 0 radical (unpaired) electrons. The Balaban J connectivity index is 2.57. The van der Waals surface area contributed by atoms with Crippen LogP contribution < -0.4 is 0 Å². The Labute approximate surface area is 66.3 Å². The molecule has 0 saturated heterocycles. The third-order valence-electron chi connectivity index (χ3n) is 1.36. The second-order valence-electron chi connectivity index (χ2n) is 2.30. The van der Waals surface area contributed by atoms with Crippen molar-refractivity contribution < 1.29 is 18.3 Å². The van der Waals surface area contributed by atoms with E-state index in [1.54, 1.807) is 0 Å². The highest BCUT2D eigenvalue weighted by atomic mass is 32.2. The first kappa shape index (κ1) is 8.93. The van der Waals surface area contributed by atoms with Crippen LogP contribution in [-0.4, -0.2) is 22.6 Å². The summed E-state index contributed by atoms with van der Waals surface area (Å²) in [5.41, 5.74) is 0. The molecular weight excluding hydrogens is 177 g/mol. The monoisotopic (exact) mass is 184 g/mol. The molecule has 0 bridgehead atoms. The van der Waals surface area contributed by atoms with Crippen LogP contribution in [0.3, 0.4) is 0 Å². The average molecular weight is 184 g/mol. The zero-order chi connectivity index (χ0) is 8.48. The van der Waals surface area contributed by atoms with Crippen LogP contribution in [0.25, 0.3) is 0 Å². The van der Waals surface area contributed by atoms with Crippen molar-refractivity contribution in [2.75, 3.05) is 0 Å². The number of aliphatic hydroxyl groups is 1. The van der Waals surface area contributed by atoms with Gasteiger partial charge in [-0.3, -0.25) is 0 Å². The molecule has 11 heavy (non-hydrogen) atoms. The lowest BCUT2D eigenvalue weighted by atomic mass is 10.2. The molecule has 0 amide bonds. The van der Waals surface area contributed by atoms with Crippen LogP contribution in [0.2, 0.25) is 0 Å². The van der Waals surface area contributed by atoms with Crippen molar-refractivity contribution >= 4 is 11.8 Å². The van der Waals surface area contributed by atoms with Gasteiger partial charge in [-0.05, 0) is 17.9 Å². The minimum Gasteiger partial charge on any atom is -0.389 e. The molecule has 1 rings (SSSR count). The SMILES string of the molecule is O[C@H]1C=CS[C@H](C(F)(F)F)C1. The molecule has 1 heterocycles. The summed E-state index contributed by atoms with van der Waals surface area (Å²) in [5, 5.41) is 8.70. The van der Waals surface area contributed by atoms with Crippen molar-refractivity contribution in [1.29, 1.82) is 0 Å². The molecule has 0 aromatic carbocycles. The van der Waals surface area contributed by atoms with E-state index in [4.69, 9.17) is 5.11 Å². The molecule has 1 aliphatic rings. The molecule has 1 nitrogen and oxygen atoms in total. The number of thioether (sulfide) groups is 1. The van der Waals surface area contributed by atoms with Crippen LogP contribution in [0.4, 0.5) is 13.2 Å². The number of hydrogen-bond donors (Lipinski definition) is 1. The van der Waals surface area contributed by atoms with Crippen molar-refractivity contribution in [3.8, 4) is 0 Å². The third-order valence-corrected chi connectivity index (χ3v) is 2.47. The van der Waals surface area contributed by atoms with Crippen LogP contribution in [0.1, 0.15) is 6.42 Å². The van der Waals surface area contributed by atoms with Gasteiger partial charge in [0, 0.05) is 0 Å². The van der Waals surface area contributed by atoms with Crippen LogP contribution >= 0.6 is 11.8 Å². The average Bonchev–Trinajstić information content (AvgIpc) is 1.86. The molecule has 0 aromatic heterocycles. The second kappa shape index (κ2) is 3.06. The first-order chi connectivity index (χ1) is 5.00. The highest BCUT2D eigenvalue weighted by Crippen LogP contribution is 2.36. The minimum atomic E-state index is -4.20. The van der Waals surface area contributed by atoms with E-state index in [0.29, 0.717) is 11.8 Å². The molecule has 0 fully saturated rings. The summed E-state index contributed by atoms with van der Waals surface area (Å²) in [7, 11) is 0. The number of aliphatic hydroxyl groups excluding tert-OH is 1. The normalized spacial score (nSPS) is 32.4. The summed E-state index contributed by atoms with van der Waals surface area (Å²) in [6.07, 6.45) is -4.00. The molecule has 0 aliphatic carbocycles. The van der Waals surface area contributed by atoms with Gasteiger partial charge in [-0.25, -0.2) is 0 Å². The van der Waals surface area contributed by atoms with Crippen molar-refractivity contribution in [2.45, 2.75) is 24.0 Å². The Bertz CT molecular complexity index is 166. The molecule has 1 aliphatic heterocycles. The standard InChI is InChI=1S/C6H7F3OS/c7-6(8,9)5-3-4(10)1-2-11-5/h1-2,4-5,10H,3H2/t4-,5-/m0/s1. The number of hydrogen-bond acceptors (Lipinski definition) is 2. The summed E-state index contributed by atoms with van der Waals surface area (Å²) in [5.74, 6) is 0. The summed E-state index contributed by atoms with van der Waals surface area (Å²) in [6.45, 7) is 0. The predicted molar refractivity (Wildman–Crippen MR) is 37.2 cm³/mol. The first-order valence-electron chi connectivity index (χ1n) is 3.07. The molecule has 0 unspecified atom stereocenters. The van der Waals surface area contributed by atoms with Gasteiger partial charge >= 0.3 is 6.18 Å². The fourth-order valence-electron chi connectivity index (χ4n) is 0.795. The molecule has 0 spiro atoms. The Kier molecular flexibility index (Phi) is 2.49. The van der Waals surface area contributed by atoms with Gasteiger partial charge in [-0.1, -0.05) is 0 Å². The van der Waals surface area contributed by atoms with E-state index in [2.05, 4.69) is 0 Å². The van der Waals surface area contributed by atoms with Crippen molar-refractivity contribution in [1.82, 2.24) is 0 Å². The van der Waals surface area contributed by atoms with Crippen LogP contribution in [0.15, 0.2) is 11.5 Å². The van der Waals surface area contributed by atoms with Crippen LogP contribution in [0.5, 0.6) is 0 Å². The van der Waals surface area contributed by atoms with Gasteiger partial charge in [0.2, 0.25) is 0 Å². The number of alkyl halides is 3. The maximum absolute atomic E-state index is 11.9. The lowest BCUT2D eigenvalue weighted by Gasteiger charge is -2.22. The van der Waals surface area contributed by atoms with Crippen LogP contribution in [0, 0.1) is 0 Å². The molecular formula is C6H7F3OS. The lowest BCUT2D eigenvalue weighted by Crippen LogP contribution is -2.30. The number of rotatable bonds is 0. The van der Waals surface area contributed by atoms with E-state index < -0.39 is 17.5 Å². The molecule has 2 atom stereocenters. The molecule has 0 saturated carbocycles. The van der Waals surface area contributed by atoms with E-state index in [1.165, 1.54) is 11.5 Å². The highest BCUT2D eigenvalue weighted by molar-refractivity contribution is 8.02. The third kappa shape index (κ3) is 2.41. The second-order valence-corrected chi connectivity index (χ2v) is 3.41.